The quantitative estimate of drug-likeness (QED) is 0.806. The zero-order chi connectivity index (χ0) is 14.5. The van der Waals surface area contributed by atoms with E-state index in [0.717, 1.165) is 6.54 Å². The van der Waals surface area contributed by atoms with Gasteiger partial charge >= 0.3 is 5.97 Å². The van der Waals surface area contributed by atoms with Crippen LogP contribution in [0.5, 0.6) is 0 Å². The Kier molecular flexibility index (Phi) is 5.79. The predicted molar refractivity (Wildman–Crippen MR) is 77.6 cm³/mol. The molecule has 0 saturated carbocycles. The summed E-state index contributed by atoms with van der Waals surface area (Å²) in [5.74, 6) is -0.879. The molecule has 5 heteroatoms. The molecular formula is C14H21ClN2O2. The number of benzene rings is 1. The summed E-state index contributed by atoms with van der Waals surface area (Å²) in [4.78, 5) is 13.7. The molecule has 1 aromatic carbocycles. The van der Waals surface area contributed by atoms with Gasteiger partial charge in [0, 0.05) is 18.1 Å². The van der Waals surface area contributed by atoms with Crippen molar-refractivity contribution in [3.63, 3.8) is 0 Å². The predicted octanol–water partition coefficient (Wildman–Crippen LogP) is 2.18. The fraction of sp³-hybridized carbons (Fsp3) is 0.500. The molecule has 0 aliphatic heterocycles. The molecule has 1 atom stereocenters. The van der Waals surface area contributed by atoms with Crippen LogP contribution in [0, 0.1) is 0 Å². The topological polar surface area (TPSA) is 52.6 Å². The van der Waals surface area contributed by atoms with Crippen molar-refractivity contribution >= 4 is 17.6 Å². The van der Waals surface area contributed by atoms with Gasteiger partial charge in [-0.3, -0.25) is 5.32 Å². The molecule has 0 amide bonds. The molecule has 0 spiro atoms. The van der Waals surface area contributed by atoms with Crippen molar-refractivity contribution in [2.24, 2.45) is 0 Å². The van der Waals surface area contributed by atoms with Gasteiger partial charge in [0.25, 0.3) is 0 Å². The van der Waals surface area contributed by atoms with Crippen LogP contribution >= 0.6 is 11.6 Å². The smallest absolute Gasteiger partial charge is 0.328 e. The van der Waals surface area contributed by atoms with Crippen LogP contribution in [0.15, 0.2) is 24.3 Å². The molecule has 1 unspecified atom stereocenters. The van der Waals surface area contributed by atoms with Gasteiger partial charge in [-0.2, -0.15) is 0 Å². The maximum absolute atomic E-state index is 11.7. The molecular weight excluding hydrogens is 264 g/mol. The highest BCUT2D eigenvalue weighted by Gasteiger charge is 2.38. The summed E-state index contributed by atoms with van der Waals surface area (Å²) in [6.07, 6.45) is 0.454. The number of aliphatic carboxylic acids is 1. The van der Waals surface area contributed by atoms with Crippen LogP contribution in [0.25, 0.3) is 0 Å². The van der Waals surface area contributed by atoms with Crippen LogP contribution in [0.1, 0.15) is 18.9 Å². The number of carboxylic acids is 1. The minimum absolute atomic E-state index is 0.454. The van der Waals surface area contributed by atoms with Crippen molar-refractivity contribution in [2.45, 2.75) is 18.9 Å². The Morgan fingerprint density at radius 3 is 2.63 bits per heavy atom. The first-order valence-electron chi connectivity index (χ1n) is 6.31. The summed E-state index contributed by atoms with van der Waals surface area (Å²) in [6.45, 7) is 3.23. The lowest BCUT2D eigenvalue weighted by Gasteiger charge is -2.31. The van der Waals surface area contributed by atoms with E-state index in [4.69, 9.17) is 11.6 Å². The first-order valence-corrected chi connectivity index (χ1v) is 6.69. The zero-order valence-electron chi connectivity index (χ0n) is 11.6. The van der Waals surface area contributed by atoms with Gasteiger partial charge in [-0.1, -0.05) is 30.7 Å². The number of halogens is 1. The maximum Gasteiger partial charge on any atom is 0.328 e. The van der Waals surface area contributed by atoms with Crippen molar-refractivity contribution in [3.05, 3.63) is 34.9 Å². The summed E-state index contributed by atoms with van der Waals surface area (Å²) in [5.41, 5.74) is -0.394. The molecule has 106 valence electrons. The average Bonchev–Trinajstić information content (AvgIpc) is 2.34. The molecule has 0 bridgehead atoms. The molecule has 2 N–H and O–H groups in total. The fourth-order valence-corrected chi connectivity index (χ4v) is 2.22. The van der Waals surface area contributed by atoms with E-state index in [-0.39, 0.29) is 0 Å². The Morgan fingerprint density at radius 2 is 2.16 bits per heavy atom. The van der Waals surface area contributed by atoms with Crippen molar-refractivity contribution in [1.29, 1.82) is 0 Å². The molecule has 0 heterocycles. The van der Waals surface area contributed by atoms with Gasteiger partial charge in [0.15, 0.2) is 0 Å². The van der Waals surface area contributed by atoms with Gasteiger partial charge < -0.3 is 10.0 Å². The number of likely N-dealkylation sites (N-methyl/N-ethyl adjacent to an activating group) is 1. The third-order valence-electron chi connectivity index (χ3n) is 3.20. The standard InChI is InChI=1S/C14H21ClN2O2/c1-4-14(13(18)19,16-8-9-17(2)3)11-6-5-7-12(15)10-11/h5-7,10,16H,4,8-9H2,1-3H3,(H,18,19). The zero-order valence-corrected chi connectivity index (χ0v) is 12.4. The molecule has 0 aromatic heterocycles. The van der Waals surface area contributed by atoms with Gasteiger partial charge in [0.2, 0.25) is 0 Å². The summed E-state index contributed by atoms with van der Waals surface area (Å²) >= 11 is 5.97. The molecule has 1 rings (SSSR count). The fourth-order valence-electron chi connectivity index (χ4n) is 2.03. The molecule has 0 aliphatic carbocycles. The van der Waals surface area contributed by atoms with E-state index >= 15 is 0 Å². The van der Waals surface area contributed by atoms with E-state index in [0.29, 0.717) is 23.6 Å². The average molecular weight is 285 g/mol. The largest absolute Gasteiger partial charge is 0.480 e. The number of carboxylic acid groups (broad SMARTS) is 1. The van der Waals surface area contributed by atoms with Crippen molar-refractivity contribution in [3.8, 4) is 0 Å². The first-order chi connectivity index (χ1) is 8.92. The van der Waals surface area contributed by atoms with Crippen LogP contribution in [-0.2, 0) is 10.3 Å². The van der Waals surface area contributed by atoms with E-state index in [2.05, 4.69) is 5.32 Å². The lowest BCUT2D eigenvalue weighted by atomic mass is 9.87. The Balaban J connectivity index is 3.02. The monoisotopic (exact) mass is 284 g/mol. The van der Waals surface area contributed by atoms with Crippen molar-refractivity contribution in [1.82, 2.24) is 10.2 Å². The van der Waals surface area contributed by atoms with E-state index < -0.39 is 11.5 Å². The third kappa shape index (κ3) is 3.93. The molecule has 19 heavy (non-hydrogen) atoms. The van der Waals surface area contributed by atoms with Gasteiger partial charge in [0.05, 0.1) is 0 Å². The van der Waals surface area contributed by atoms with Gasteiger partial charge in [-0.15, -0.1) is 0 Å². The van der Waals surface area contributed by atoms with Crippen molar-refractivity contribution in [2.75, 3.05) is 27.2 Å². The Morgan fingerprint density at radius 1 is 1.47 bits per heavy atom. The third-order valence-corrected chi connectivity index (χ3v) is 3.43. The summed E-state index contributed by atoms with van der Waals surface area (Å²) < 4.78 is 0. The van der Waals surface area contributed by atoms with Crippen molar-refractivity contribution < 1.29 is 9.90 Å². The minimum Gasteiger partial charge on any atom is -0.480 e. The SMILES string of the molecule is CCC(NCCN(C)C)(C(=O)O)c1cccc(Cl)c1. The second-order valence-electron chi connectivity index (χ2n) is 4.80. The lowest BCUT2D eigenvalue weighted by molar-refractivity contribution is -0.145. The number of hydrogen-bond donors (Lipinski definition) is 2. The van der Waals surface area contributed by atoms with Crippen LogP contribution in [0.2, 0.25) is 5.02 Å². The first kappa shape index (κ1) is 16.0. The molecule has 0 radical (unpaired) electrons. The second-order valence-corrected chi connectivity index (χ2v) is 5.24. The number of rotatable bonds is 7. The normalized spacial score (nSPS) is 14.4. The number of nitrogens with zero attached hydrogens (tertiary/aromatic N) is 1. The Bertz CT molecular complexity index is 437. The second kappa shape index (κ2) is 6.89. The van der Waals surface area contributed by atoms with Gasteiger partial charge in [0.1, 0.15) is 5.54 Å². The number of carbonyl (C=O) groups is 1. The molecule has 0 aliphatic rings. The minimum atomic E-state index is -1.08. The maximum atomic E-state index is 11.7. The highest BCUT2D eigenvalue weighted by Crippen LogP contribution is 2.27. The molecule has 0 fully saturated rings. The van der Waals surface area contributed by atoms with E-state index in [1.807, 2.05) is 25.9 Å². The number of hydrogen-bond acceptors (Lipinski definition) is 3. The van der Waals surface area contributed by atoms with E-state index in [1.54, 1.807) is 24.3 Å². The number of nitrogens with one attached hydrogen (secondary N) is 1. The van der Waals surface area contributed by atoms with Crippen LogP contribution < -0.4 is 5.32 Å². The Hall–Kier alpha value is -1.10. The van der Waals surface area contributed by atoms with Crippen LogP contribution in [-0.4, -0.2) is 43.2 Å². The molecule has 0 saturated heterocycles. The summed E-state index contributed by atoms with van der Waals surface area (Å²) in [6, 6.07) is 7.03. The Labute approximate surface area is 119 Å². The lowest BCUT2D eigenvalue weighted by Crippen LogP contribution is -2.50. The van der Waals surface area contributed by atoms with Gasteiger partial charge in [-0.05, 0) is 38.2 Å². The van der Waals surface area contributed by atoms with Gasteiger partial charge in [-0.25, -0.2) is 4.79 Å². The van der Waals surface area contributed by atoms with Crippen LogP contribution in [0.4, 0.5) is 0 Å². The summed E-state index contributed by atoms with van der Waals surface area (Å²) in [7, 11) is 3.91. The van der Waals surface area contributed by atoms with Crippen LogP contribution in [0.3, 0.4) is 0 Å². The van der Waals surface area contributed by atoms with E-state index in [9.17, 15) is 9.90 Å². The highest BCUT2D eigenvalue weighted by atomic mass is 35.5. The molecule has 1 aromatic rings. The highest BCUT2D eigenvalue weighted by molar-refractivity contribution is 6.30. The van der Waals surface area contributed by atoms with E-state index in [1.165, 1.54) is 0 Å². The summed E-state index contributed by atoms with van der Waals surface area (Å²) in [5, 5.41) is 13.3. The molecule has 4 nitrogen and oxygen atoms in total.